The van der Waals surface area contributed by atoms with Crippen molar-refractivity contribution in [2.45, 2.75) is 12.8 Å². The maximum atomic E-state index is 12.7. The average Bonchev–Trinajstić information content (AvgIpc) is 2.88. The van der Waals surface area contributed by atoms with Crippen molar-refractivity contribution in [3.05, 3.63) is 59.7 Å². The van der Waals surface area contributed by atoms with Crippen molar-refractivity contribution in [3.8, 4) is 11.5 Å². The highest BCUT2D eigenvalue weighted by Gasteiger charge is 2.24. The fraction of sp³-hybridized carbons (Fsp3) is 0.440. The number of hydrogen-bond acceptors (Lipinski definition) is 5. The molecule has 0 bridgehead atoms. The van der Waals surface area contributed by atoms with E-state index in [0.29, 0.717) is 50.0 Å². The number of likely N-dealkylation sites (tertiary alicyclic amines) is 1. The van der Waals surface area contributed by atoms with Crippen molar-refractivity contribution in [1.82, 2.24) is 9.80 Å². The van der Waals surface area contributed by atoms with Gasteiger partial charge in [0.2, 0.25) is 0 Å². The van der Waals surface area contributed by atoms with Crippen LogP contribution in [0.4, 0.5) is 0 Å². The zero-order valence-corrected chi connectivity index (χ0v) is 18.5. The molecule has 2 heterocycles. The van der Waals surface area contributed by atoms with Crippen LogP contribution in [0.15, 0.2) is 48.5 Å². The molecular formula is C25H30N2O5. The Morgan fingerprint density at radius 1 is 0.812 bits per heavy atom. The molecule has 2 amide bonds. The first kappa shape index (κ1) is 22.1. The van der Waals surface area contributed by atoms with Gasteiger partial charge >= 0.3 is 0 Å². The van der Waals surface area contributed by atoms with Gasteiger partial charge in [-0.15, -0.1) is 0 Å². The van der Waals surface area contributed by atoms with Gasteiger partial charge in [0.15, 0.2) is 0 Å². The minimum atomic E-state index is 0.0359. The van der Waals surface area contributed by atoms with E-state index < -0.39 is 0 Å². The molecule has 0 atom stereocenters. The zero-order chi connectivity index (χ0) is 22.3. The van der Waals surface area contributed by atoms with Crippen LogP contribution in [0.2, 0.25) is 0 Å². The van der Waals surface area contributed by atoms with Crippen LogP contribution in [0.25, 0.3) is 0 Å². The first-order chi connectivity index (χ1) is 15.6. The molecule has 0 aromatic heterocycles. The standard InChI is InChI=1S/C25H30N2O5/c1-30-22-6-2-20(3-7-22)24(28)26-12-10-19(11-13-26)18-32-23-8-4-21(5-9-23)25(29)27-14-16-31-17-15-27/h2-9,19H,10-18H2,1H3. The summed E-state index contributed by atoms with van der Waals surface area (Å²) in [5, 5.41) is 0. The number of carbonyl (C=O) groups excluding carboxylic acids is 2. The normalized spacial score (nSPS) is 17.2. The summed E-state index contributed by atoms with van der Waals surface area (Å²) in [4.78, 5) is 29.0. The van der Waals surface area contributed by atoms with Gasteiger partial charge in [0.05, 0.1) is 26.9 Å². The zero-order valence-electron chi connectivity index (χ0n) is 18.5. The van der Waals surface area contributed by atoms with Crippen molar-refractivity contribution in [2.24, 2.45) is 5.92 Å². The number of morpholine rings is 1. The first-order valence-corrected chi connectivity index (χ1v) is 11.2. The van der Waals surface area contributed by atoms with Crippen molar-refractivity contribution >= 4 is 11.8 Å². The molecule has 170 valence electrons. The number of piperidine rings is 1. The molecule has 0 aliphatic carbocycles. The van der Waals surface area contributed by atoms with Crippen LogP contribution >= 0.6 is 0 Å². The number of rotatable bonds is 6. The lowest BCUT2D eigenvalue weighted by Crippen LogP contribution is -2.40. The van der Waals surface area contributed by atoms with Gasteiger partial charge in [-0.25, -0.2) is 0 Å². The average molecular weight is 439 g/mol. The van der Waals surface area contributed by atoms with Crippen LogP contribution < -0.4 is 9.47 Å². The van der Waals surface area contributed by atoms with Gasteiger partial charge in [-0.05, 0) is 67.3 Å². The number of ether oxygens (including phenoxy) is 3. The van der Waals surface area contributed by atoms with E-state index in [1.807, 2.05) is 58.3 Å². The van der Waals surface area contributed by atoms with Crippen molar-refractivity contribution < 1.29 is 23.8 Å². The largest absolute Gasteiger partial charge is 0.497 e. The lowest BCUT2D eigenvalue weighted by molar-refractivity contribution is 0.0303. The van der Waals surface area contributed by atoms with E-state index in [-0.39, 0.29) is 11.8 Å². The van der Waals surface area contributed by atoms with E-state index in [1.165, 1.54) is 0 Å². The quantitative estimate of drug-likeness (QED) is 0.693. The minimum Gasteiger partial charge on any atom is -0.497 e. The molecule has 2 aliphatic rings. The maximum Gasteiger partial charge on any atom is 0.254 e. The van der Waals surface area contributed by atoms with Gasteiger partial charge in [0.25, 0.3) is 11.8 Å². The lowest BCUT2D eigenvalue weighted by atomic mass is 9.97. The number of nitrogens with zero attached hydrogens (tertiary/aromatic N) is 2. The maximum absolute atomic E-state index is 12.7. The van der Waals surface area contributed by atoms with Gasteiger partial charge in [-0.3, -0.25) is 9.59 Å². The Labute approximate surface area is 188 Å². The van der Waals surface area contributed by atoms with Crippen LogP contribution in [-0.4, -0.2) is 74.7 Å². The Kier molecular flexibility index (Phi) is 7.27. The Balaban J connectivity index is 1.22. The first-order valence-electron chi connectivity index (χ1n) is 11.2. The van der Waals surface area contributed by atoms with Crippen LogP contribution in [0.1, 0.15) is 33.6 Å². The second-order valence-corrected chi connectivity index (χ2v) is 8.20. The highest BCUT2D eigenvalue weighted by Crippen LogP contribution is 2.22. The molecule has 0 N–H and O–H groups in total. The molecule has 0 unspecified atom stereocenters. The summed E-state index contributed by atoms with van der Waals surface area (Å²) in [6.07, 6.45) is 1.82. The van der Waals surface area contributed by atoms with Crippen molar-refractivity contribution in [2.75, 3.05) is 53.1 Å². The molecule has 2 aliphatic heterocycles. The summed E-state index contributed by atoms with van der Waals surface area (Å²) in [6, 6.07) is 14.6. The number of carbonyl (C=O) groups is 2. The van der Waals surface area contributed by atoms with Crippen molar-refractivity contribution in [1.29, 1.82) is 0 Å². The van der Waals surface area contributed by atoms with E-state index in [9.17, 15) is 9.59 Å². The summed E-state index contributed by atoms with van der Waals surface area (Å²) < 4.78 is 16.4. The summed E-state index contributed by atoms with van der Waals surface area (Å²) >= 11 is 0. The smallest absolute Gasteiger partial charge is 0.254 e. The Morgan fingerprint density at radius 2 is 1.31 bits per heavy atom. The number of benzene rings is 2. The molecule has 0 radical (unpaired) electrons. The molecular weight excluding hydrogens is 408 g/mol. The number of amides is 2. The molecule has 7 nitrogen and oxygen atoms in total. The minimum absolute atomic E-state index is 0.0359. The number of methoxy groups -OCH3 is 1. The van der Waals surface area contributed by atoms with Gasteiger partial charge < -0.3 is 24.0 Å². The monoisotopic (exact) mass is 438 g/mol. The molecule has 2 fully saturated rings. The van der Waals surface area contributed by atoms with Gasteiger partial charge in [0, 0.05) is 37.3 Å². The van der Waals surface area contributed by atoms with E-state index >= 15 is 0 Å². The third-order valence-electron chi connectivity index (χ3n) is 6.12. The molecule has 32 heavy (non-hydrogen) atoms. The summed E-state index contributed by atoms with van der Waals surface area (Å²) in [5.74, 6) is 2.02. The van der Waals surface area contributed by atoms with Crippen molar-refractivity contribution in [3.63, 3.8) is 0 Å². The summed E-state index contributed by atoms with van der Waals surface area (Å²) in [7, 11) is 1.61. The molecule has 2 aromatic carbocycles. The summed E-state index contributed by atoms with van der Waals surface area (Å²) in [6.45, 7) is 4.53. The summed E-state index contributed by atoms with van der Waals surface area (Å²) in [5.41, 5.74) is 1.36. The van der Waals surface area contributed by atoms with E-state index in [1.54, 1.807) is 7.11 Å². The Morgan fingerprint density at radius 3 is 1.84 bits per heavy atom. The fourth-order valence-corrected chi connectivity index (χ4v) is 4.08. The third-order valence-corrected chi connectivity index (χ3v) is 6.12. The lowest BCUT2D eigenvalue weighted by Gasteiger charge is -2.32. The highest BCUT2D eigenvalue weighted by atomic mass is 16.5. The number of hydrogen-bond donors (Lipinski definition) is 0. The fourth-order valence-electron chi connectivity index (χ4n) is 4.08. The predicted molar refractivity (Wildman–Crippen MR) is 120 cm³/mol. The molecule has 2 saturated heterocycles. The Bertz CT molecular complexity index is 899. The van der Waals surface area contributed by atoms with Crippen LogP contribution in [0.5, 0.6) is 11.5 Å². The third kappa shape index (κ3) is 5.40. The van der Waals surface area contributed by atoms with Gasteiger partial charge in [-0.1, -0.05) is 0 Å². The van der Waals surface area contributed by atoms with Crippen LogP contribution in [0, 0.1) is 5.92 Å². The topological polar surface area (TPSA) is 68.3 Å². The second kappa shape index (κ2) is 10.5. The van der Waals surface area contributed by atoms with E-state index in [0.717, 1.165) is 37.4 Å². The highest BCUT2D eigenvalue weighted by molar-refractivity contribution is 5.95. The molecule has 4 rings (SSSR count). The predicted octanol–water partition coefficient (Wildman–Crippen LogP) is 3.10. The molecule has 0 spiro atoms. The SMILES string of the molecule is COc1ccc(C(=O)N2CCC(COc3ccc(C(=O)N4CCOCC4)cc3)CC2)cc1. The van der Waals surface area contributed by atoms with Crippen LogP contribution in [0.3, 0.4) is 0 Å². The Hall–Kier alpha value is -3.06. The van der Waals surface area contributed by atoms with E-state index in [4.69, 9.17) is 14.2 Å². The van der Waals surface area contributed by atoms with Gasteiger partial charge in [-0.2, -0.15) is 0 Å². The second-order valence-electron chi connectivity index (χ2n) is 8.20. The molecule has 7 heteroatoms. The van der Waals surface area contributed by atoms with Crippen LogP contribution in [-0.2, 0) is 4.74 Å². The van der Waals surface area contributed by atoms with Gasteiger partial charge in [0.1, 0.15) is 11.5 Å². The van der Waals surface area contributed by atoms with E-state index in [2.05, 4.69) is 0 Å². The molecule has 2 aromatic rings. The molecule has 0 saturated carbocycles.